The average molecular weight is 374 g/mol. The molecule has 0 bridgehead atoms. The summed E-state index contributed by atoms with van der Waals surface area (Å²) in [5.74, 6) is -1.29. The summed E-state index contributed by atoms with van der Waals surface area (Å²) < 4.78 is 19.0. The number of methoxy groups -OCH3 is 1. The third-order valence-electron chi connectivity index (χ3n) is 3.97. The molecule has 2 N–H and O–H groups in total. The zero-order valence-corrected chi connectivity index (χ0v) is 15.3. The van der Waals surface area contributed by atoms with Crippen LogP contribution < -0.4 is 15.5 Å². The van der Waals surface area contributed by atoms with Crippen LogP contribution in [0.2, 0.25) is 0 Å². The Labute approximate surface area is 153 Å². The lowest BCUT2D eigenvalue weighted by Gasteiger charge is -2.17. The van der Waals surface area contributed by atoms with E-state index in [4.69, 9.17) is 4.74 Å². The molecular formula is C17H25ClFN3O3. The van der Waals surface area contributed by atoms with Gasteiger partial charge in [-0.2, -0.15) is 0 Å². The Morgan fingerprint density at radius 2 is 2.12 bits per heavy atom. The first-order valence-electron chi connectivity index (χ1n) is 8.07. The van der Waals surface area contributed by atoms with E-state index in [1.807, 2.05) is 0 Å². The van der Waals surface area contributed by atoms with Crippen LogP contribution in [0.4, 0.5) is 10.1 Å². The summed E-state index contributed by atoms with van der Waals surface area (Å²) in [5.41, 5.74) is 1.03. The Kier molecular flexibility index (Phi) is 8.82. The van der Waals surface area contributed by atoms with Gasteiger partial charge < -0.3 is 20.3 Å². The highest BCUT2D eigenvalue weighted by Crippen LogP contribution is 2.28. The smallest absolute Gasteiger partial charge is 0.227 e. The Morgan fingerprint density at radius 3 is 2.80 bits per heavy atom. The fourth-order valence-electron chi connectivity index (χ4n) is 2.66. The van der Waals surface area contributed by atoms with E-state index in [0.717, 1.165) is 12.1 Å². The van der Waals surface area contributed by atoms with E-state index in [2.05, 4.69) is 10.6 Å². The second kappa shape index (κ2) is 10.3. The van der Waals surface area contributed by atoms with Gasteiger partial charge in [-0.05, 0) is 24.6 Å². The molecule has 8 heteroatoms. The first-order chi connectivity index (χ1) is 11.5. The van der Waals surface area contributed by atoms with Gasteiger partial charge >= 0.3 is 0 Å². The topological polar surface area (TPSA) is 70.7 Å². The summed E-state index contributed by atoms with van der Waals surface area (Å²) in [6.45, 7) is 4.44. The molecule has 1 aliphatic rings. The molecule has 1 unspecified atom stereocenters. The molecule has 1 aromatic rings. The minimum absolute atomic E-state index is 0. The summed E-state index contributed by atoms with van der Waals surface area (Å²) >= 11 is 0. The highest BCUT2D eigenvalue weighted by Gasteiger charge is 2.35. The number of ether oxygens (including phenoxy) is 1. The second-order valence-corrected chi connectivity index (χ2v) is 5.89. The summed E-state index contributed by atoms with van der Waals surface area (Å²) in [6, 6.07) is 4.73. The largest absolute Gasteiger partial charge is 0.383 e. The van der Waals surface area contributed by atoms with E-state index in [0.29, 0.717) is 19.7 Å². The summed E-state index contributed by atoms with van der Waals surface area (Å²) in [5, 5.41) is 5.92. The summed E-state index contributed by atoms with van der Waals surface area (Å²) in [7, 11) is 1.63. The molecule has 0 radical (unpaired) electrons. The van der Waals surface area contributed by atoms with Crippen LogP contribution in [-0.2, 0) is 14.3 Å². The molecule has 1 fully saturated rings. The molecule has 1 aliphatic heterocycles. The quantitative estimate of drug-likeness (QED) is 0.673. The number of benzene rings is 1. The maximum absolute atomic E-state index is 14.0. The van der Waals surface area contributed by atoms with E-state index < -0.39 is 11.7 Å². The van der Waals surface area contributed by atoms with Crippen molar-refractivity contribution in [2.75, 3.05) is 44.8 Å². The van der Waals surface area contributed by atoms with Crippen LogP contribution in [0.25, 0.3) is 0 Å². The number of hydrogen-bond acceptors (Lipinski definition) is 4. The molecule has 1 heterocycles. The number of nitrogens with one attached hydrogen (secondary N) is 2. The van der Waals surface area contributed by atoms with Crippen LogP contribution in [0.15, 0.2) is 18.2 Å². The van der Waals surface area contributed by atoms with E-state index in [9.17, 15) is 14.0 Å². The number of rotatable bonds is 8. The standard InChI is InChI=1S/C17H24FN3O3.ClH/c1-12-3-4-15(14(18)9-12)21-11-13(10-16(21)22)17(23)20-6-5-19-7-8-24-2;/h3-4,9,13,19H,5-8,10-11H2,1-2H3,(H,20,23);1H. The van der Waals surface area contributed by atoms with Crippen molar-refractivity contribution in [1.82, 2.24) is 10.6 Å². The first-order valence-corrected chi connectivity index (χ1v) is 8.07. The third-order valence-corrected chi connectivity index (χ3v) is 3.97. The Balaban J connectivity index is 0.00000312. The van der Waals surface area contributed by atoms with E-state index in [-0.39, 0.29) is 42.9 Å². The lowest BCUT2D eigenvalue weighted by Crippen LogP contribution is -2.37. The lowest BCUT2D eigenvalue weighted by molar-refractivity contribution is -0.126. The van der Waals surface area contributed by atoms with Gasteiger partial charge in [0.05, 0.1) is 18.2 Å². The number of anilines is 1. The van der Waals surface area contributed by atoms with Crippen molar-refractivity contribution >= 4 is 29.9 Å². The lowest BCUT2D eigenvalue weighted by atomic mass is 10.1. The van der Waals surface area contributed by atoms with Crippen molar-refractivity contribution in [2.45, 2.75) is 13.3 Å². The van der Waals surface area contributed by atoms with Crippen molar-refractivity contribution in [3.8, 4) is 0 Å². The van der Waals surface area contributed by atoms with Crippen molar-refractivity contribution in [2.24, 2.45) is 5.92 Å². The third kappa shape index (κ3) is 5.95. The van der Waals surface area contributed by atoms with Gasteiger partial charge in [0.2, 0.25) is 11.8 Å². The molecule has 25 heavy (non-hydrogen) atoms. The van der Waals surface area contributed by atoms with Crippen molar-refractivity contribution in [3.63, 3.8) is 0 Å². The van der Waals surface area contributed by atoms with Crippen LogP contribution in [0, 0.1) is 18.7 Å². The molecule has 1 atom stereocenters. The Hall–Kier alpha value is -1.70. The number of hydrogen-bond donors (Lipinski definition) is 2. The monoisotopic (exact) mass is 373 g/mol. The van der Waals surface area contributed by atoms with Gasteiger partial charge in [-0.3, -0.25) is 9.59 Å². The summed E-state index contributed by atoms with van der Waals surface area (Å²) in [6.07, 6.45) is 0.107. The molecule has 0 spiro atoms. The van der Waals surface area contributed by atoms with Gasteiger partial charge in [0.25, 0.3) is 0 Å². The van der Waals surface area contributed by atoms with Crippen LogP contribution >= 0.6 is 12.4 Å². The minimum Gasteiger partial charge on any atom is -0.383 e. The summed E-state index contributed by atoms with van der Waals surface area (Å²) in [4.78, 5) is 25.6. The predicted octanol–water partition coefficient (Wildman–Crippen LogP) is 1.26. The Bertz CT molecular complexity index is 601. The number of carbonyl (C=O) groups is 2. The second-order valence-electron chi connectivity index (χ2n) is 5.89. The number of carbonyl (C=O) groups excluding carboxylic acids is 2. The maximum Gasteiger partial charge on any atom is 0.227 e. The van der Waals surface area contributed by atoms with Gasteiger partial charge in [-0.15, -0.1) is 12.4 Å². The molecule has 140 valence electrons. The molecule has 1 saturated heterocycles. The van der Waals surface area contributed by atoms with E-state index in [1.54, 1.807) is 26.2 Å². The molecule has 1 aromatic carbocycles. The van der Waals surface area contributed by atoms with E-state index in [1.165, 1.54) is 11.0 Å². The Morgan fingerprint density at radius 1 is 1.36 bits per heavy atom. The normalized spacial score (nSPS) is 16.7. The van der Waals surface area contributed by atoms with E-state index >= 15 is 0 Å². The van der Waals surface area contributed by atoms with Gasteiger partial charge in [-0.1, -0.05) is 6.07 Å². The van der Waals surface area contributed by atoms with Crippen molar-refractivity contribution in [1.29, 1.82) is 0 Å². The molecule has 2 rings (SSSR count). The molecule has 0 aromatic heterocycles. The molecule has 6 nitrogen and oxygen atoms in total. The predicted molar refractivity (Wildman–Crippen MR) is 96.6 cm³/mol. The highest BCUT2D eigenvalue weighted by molar-refractivity contribution is 6.00. The SMILES string of the molecule is COCCNCCNC(=O)C1CC(=O)N(c2ccc(C)cc2F)C1.Cl. The number of halogens is 2. The number of amides is 2. The zero-order chi connectivity index (χ0) is 17.5. The average Bonchev–Trinajstić information content (AvgIpc) is 2.92. The zero-order valence-electron chi connectivity index (χ0n) is 14.5. The van der Waals surface area contributed by atoms with Crippen molar-refractivity contribution in [3.05, 3.63) is 29.6 Å². The van der Waals surface area contributed by atoms with Crippen molar-refractivity contribution < 1.29 is 18.7 Å². The first kappa shape index (κ1) is 21.3. The van der Waals surface area contributed by atoms with Gasteiger partial charge in [0, 0.05) is 39.7 Å². The fourth-order valence-corrected chi connectivity index (χ4v) is 2.66. The molecule has 0 saturated carbocycles. The van der Waals surface area contributed by atoms with Crippen LogP contribution in [0.5, 0.6) is 0 Å². The molecule has 2 amide bonds. The number of nitrogens with zero attached hydrogens (tertiary/aromatic N) is 1. The van der Waals surface area contributed by atoms with Gasteiger partial charge in [-0.25, -0.2) is 4.39 Å². The van der Waals surface area contributed by atoms with Crippen LogP contribution in [0.3, 0.4) is 0 Å². The highest BCUT2D eigenvalue weighted by atomic mass is 35.5. The fraction of sp³-hybridized carbons (Fsp3) is 0.529. The van der Waals surface area contributed by atoms with Crippen LogP contribution in [-0.4, -0.2) is 51.7 Å². The maximum atomic E-state index is 14.0. The number of aryl methyl sites for hydroxylation is 1. The van der Waals surface area contributed by atoms with Gasteiger partial charge in [0.1, 0.15) is 5.82 Å². The van der Waals surface area contributed by atoms with Crippen LogP contribution in [0.1, 0.15) is 12.0 Å². The molecular weight excluding hydrogens is 349 g/mol. The molecule has 0 aliphatic carbocycles. The minimum atomic E-state index is -0.447. The van der Waals surface area contributed by atoms with Gasteiger partial charge in [0.15, 0.2) is 0 Å².